The first-order valence-electron chi connectivity index (χ1n) is 6.75. The topological polar surface area (TPSA) is 86.5 Å². The molecule has 0 radical (unpaired) electrons. The molecule has 0 bridgehead atoms. The van der Waals surface area contributed by atoms with Crippen LogP contribution in [0.15, 0.2) is 30.5 Å². The van der Waals surface area contributed by atoms with Crippen molar-refractivity contribution in [3.8, 4) is 0 Å². The molecule has 21 heavy (non-hydrogen) atoms. The molecule has 108 valence electrons. The number of carbonyl (C=O) groups is 1. The van der Waals surface area contributed by atoms with Gasteiger partial charge in [0, 0.05) is 28.2 Å². The highest BCUT2D eigenvalue weighted by Gasteiger charge is 2.21. The molecule has 6 heteroatoms. The van der Waals surface area contributed by atoms with Crippen molar-refractivity contribution in [3.63, 3.8) is 0 Å². The average Bonchev–Trinajstić information content (AvgIpc) is 3.06. The van der Waals surface area contributed by atoms with E-state index in [4.69, 9.17) is 0 Å². The lowest BCUT2D eigenvalue weighted by atomic mass is 9.96. The third-order valence-electron chi connectivity index (χ3n) is 3.21. The summed E-state index contributed by atoms with van der Waals surface area (Å²) in [6.45, 7) is 6.03. The van der Waals surface area contributed by atoms with Gasteiger partial charge in [0.15, 0.2) is 0 Å². The third-order valence-corrected chi connectivity index (χ3v) is 3.21. The third kappa shape index (κ3) is 2.65. The van der Waals surface area contributed by atoms with Gasteiger partial charge in [-0.25, -0.2) is 4.98 Å². The normalized spacial score (nSPS) is 11.8. The molecule has 2 heterocycles. The summed E-state index contributed by atoms with van der Waals surface area (Å²) in [5, 5.41) is 10.6. The van der Waals surface area contributed by atoms with Crippen molar-refractivity contribution >= 4 is 22.5 Å². The molecular formula is C15H17N5O. The maximum Gasteiger partial charge on any atom is 0.295 e. The van der Waals surface area contributed by atoms with E-state index in [-0.39, 0.29) is 17.1 Å². The van der Waals surface area contributed by atoms with Crippen LogP contribution < -0.4 is 5.32 Å². The summed E-state index contributed by atoms with van der Waals surface area (Å²) in [5.41, 5.74) is 1.57. The summed E-state index contributed by atoms with van der Waals surface area (Å²) in [6.07, 6.45) is 1.86. The largest absolute Gasteiger partial charge is 0.361 e. The standard InChI is InChI=1S/C15H17N5O/c1-15(2,3)14-18-12(19-20-14)13(21)17-10-4-5-11-9(8-10)6-7-16-11/h4-8,16H,1-3H3,(H,17,21)(H,18,19,20). The van der Waals surface area contributed by atoms with E-state index in [1.54, 1.807) is 0 Å². The Morgan fingerprint density at radius 2 is 2.05 bits per heavy atom. The number of nitrogens with zero attached hydrogens (tertiary/aromatic N) is 2. The molecule has 3 rings (SSSR count). The molecule has 0 saturated carbocycles. The second-order valence-corrected chi connectivity index (χ2v) is 5.99. The van der Waals surface area contributed by atoms with Gasteiger partial charge in [-0.3, -0.25) is 9.89 Å². The van der Waals surface area contributed by atoms with Crippen LogP contribution in [0.1, 0.15) is 37.2 Å². The highest BCUT2D eigenvalue weighted by molar-refractivity contribution is 6.02. The van der Waals surface area contributed by atoms with Crippen molar-refractivity contribution in [1.29, 1.82) is 0 Å². The maximum absolute atomic E-state index is 12.2. The van der Waals surface area contributed by atoms with Gasteiger partial charge in [0.2, 0.25) is 5.82 Å². The lowest BCUT2D eigenvalue weighted by Gasteiger charge is -2.12. The number of H-pyrrole nitrogens is 2. The average molecular weight is 283 g/mol. The van der Waals surface area contributed by atoms with Crippen LogP contribution in [0.4, 0.5) is 5.69 Å². The Balaban J connectivity index is 1.80. The van der Waals surface area contributed by atoms with Crippen molar-refractivity contribution in [2.75, 3.05) is 5.32 Å². The van der Waals surface area contributed by atoms with Crippen LogP contribution in [0.3, 0.4) is 0 Å². The Morgan fingerprint density at radius 3 is 2.76 bits per heavy atom. The molecular weight excluding hydrogens is 266 g/mol. The fourth-order valence-corrected chi connectivity index (χ4v) is 2.02. The molecule has 0 atom stereocenters. The highest BCUT2D eigenvalue weighted by atomic mass is 16.2. The van der Waals surface area contributed by atoms with Gasteiger partial charge in [-0.05, 0) is 24.3 Å². The Morgan fingerprint density at radius 1 is 1.24 bits per heavy atom. The van der Waals surface area contributed by atoms with E-state index in [9.17, 15) is 4.79 Å². The minimum absolute atomic E-state index is 0.147. The number of hydrogen-bond donors (Lipinski definition) is 3. The van der Waals surface area contributed by atoms with Gasteiger partial charge in [-0.1, -0.05) is 20.8 Å². The minimum atomic E-state index is -0.323. The zero-order chi connectivity index (χ0) is 15.0. The molecule has 1 aromatic carbocycles. The molecule has 1 amide bonds. The number of benzene rings is 1. The van der Waals surface area contributed by atoms with Gasteiger partial charge in [-0.2, -0.15) is 0 Å². The number of anilines is 1. The number of carbonyl (C=O) groups excluding carboxylic acids is 1. The molecule has 3 N–H and O–H groups in total. The van der Waals surface area contributed by atoms with E-state index < -0.39 is 0 Å². The van der Waals surface area contributed by atoms with E-state index in [1.165, 1.54) is 0 Å². The van der Waals surface area contributed by atoms with E-state index in [2.05, 4.69) is 25.5 Å². The van der Waals surface area contributed by atoms with Gasteiger partial charge < -0.3 is 10.3 Å². The van der Waals surface area contributed by atoms with E-state index >= 15 is 0 Å². The molecule has 0 aliphatic carbocycles. The molecule has 0 spiro atoms. The lowest BCUT2D eigenvalue weighted by molar-refractivity contribution is 0.101. The van der Waals surface area contributed by atoms with E-state index in [0.29, 0.717) is 11.5 Å². The van der Waals surface area contributed by atoms with Crippen LogP contribution in [0.5, 0.6) is 0 Å². The number of aromatic amines is 2. The van der Waals surface area contributed by atoms with Gasteiger partial charge in [0.05, 0.1) is 0 Å². The first-order chi connectivity index (χ1) is 9.93. The van der Waals surface area contributed by atoms with Crippen molar-refractivity contribution in [3.05, 3.63) is 42.1 Å². The second-order valence-electron chi connectivity index (χ2n) is 5.99. The van der Waals surface area contributed by atoms with Crippen LogP contribution in [0.25, 0.3) is 10.9 Å². The van der Waals surface area contributed by atoms with Crippen molar-refractivity contribution in [2.24, 2.45) is 0 Å². The summed E-state index contributed by atoms with van der Waals surface area (Å²) in [5.74, 6) is 0.513. The molecule has 2 aromatic heterocycles. The lowest BCUT2D eigenvalue weighted by Crippen LogP contribution is -2.16. The fourth-order valence-electron chi connectivity index (χ4n) is 2.02. The maximum atomic E-state index is 12.2. The Kier molecular flexibility index (Phi) is 3.01. The minimum Gasteiger partial charge on any atom is -0.361 e. The molecule has 3 aromatic rings. The smallest absolute Gasteiger partial charge is 0.295 e. The van der Waals surface area contributed by atoms with Crippen LogP contribution in [0, 0.1) is 0 Å². The highest BCUT2D eigenvalue weighted by Crippen LogP contribution is 2.19. The summed E-state index contributed by atoms with van der Waals surface area (Å²) >= 11 is 0. The first kappa shape index (κ1) is 13.4. The second kappa shape index (κ2) is 4.73. The summed E-state index contributed by atoms with van der Waals surface area (Å²) < 4.78 is 0. The van der Waals surface area contributed by atoms with E-state index in [1.807, 2.05) is 51.2 Å². The molecule has 6 nitrogen and oxygen atoms in total. The monoisotopic (exact) mass is 283 g/mol. The number of rotatable bonds is 2. The van der Waals surface area contributed by atoms with Gasteiger partial charge in [-0.15, -0.1) is 5.10 Å². The molecule has 0 aliphatic rings. The van der Waals surface area contributed by atoms with Crippen molar-refractivity contribution in [2.45, 2.75) is 26.2 Å². The van der Waals surface area contributed by atoms with Crippen molar-refractivity contribution < 1.29 is 4.79 Å². The van der Waals surface area contributed by atoms with Crippen LogP contribution in [-0.4, -0.2) is 26.1 Å². The summed E-state index contributed by atoms with van der Waals surface area (Å²) in [7, 11) is 0. The first-order valence-corrected chi connectivity index (χ1v) is 6.75. The Bertz CT molecular complexity index is 794. The molecule has 0 unspecified atom stereocenters. The molecule has 0 saturated heterocycles. The van der Waals surface area contributed by atoms with Gasteiger partial charge in [0.1, 0.15) is 5.82 Å². The van der Waals surface area contributed by atoms with Crippen LogP contribution in [-0.2, 0) is 5.41 Å². The number of aromatic nitrogens is 4. The molecule has 0 fully saturated rings. The Labute approximate surface area is 122 Å². The van der Waals surface area contributed by atoms with Gasteiger partial charge in [0.25, 0.3) is 5.91 Å². The summed E-state index contributed by atoms with van der Waals surface area (Å²) in [6, 6.07) is 7.62. The van der Waals surface area contributed by atoms with Crippen molar-refractivity contribution in [1.82, 2.24) is 20.2 Å². The zero-order valence-electron chi connectivity index (χ0n) is 12.2. The quantitative estimate of drug-likeness (QED) is 0.676. The number of nitrogens with one attached hydrogen (secondary N) is 3. The van der Waals surface area contributed by atoms with Crippen LogP contribution >= 0.6 is 0 Å². The predicted octanol–water partition coefficient (Wildman–Crippen LogP) is 2.84. The number of fused-ring (bicyclic) bond motifs is 1. The number of amides is 1. The summed E-state index contributed by atoms with van der Waals surface area (Å²) in [4.78, 5) is 19.5. The molecule has 0 aliphatic heterocycles. The zero-order valence-corrected chi connectivity index (χ0v) is 12.2. The van der Waals surface area contributed by atoms with Crippen LogP contribution in [0.2, 0.25) is 0 Å². The van der Waals surface area contributed by atoms with Gasteiger partial charge >= 0.3 is 0 Å². The Hall–Kier alpha value is -2.63. The van der Waals surface area contributed by atoms with E-state index in [0.717, 1.165) is 10.9 Å². The SMILES string of the molecule is CC(C)(C)c1nc(C(=O)Nc2ccc3[nH]ccc3c2)n[nH]1. The fraction of sp³-hybridized carbons (Fsp3) is 0.267. The predicted molar refractivity (Wildman–Crippen MR) is 81.3 cm³/mol. The number of hydrogen-bond acceptors (Lipinski definition) is 3.